The molecule has 0 saturated carbocycles. The van der Waals surface area contributed by atoms with E-state index in [9.17, 15) is 22.8 Å². The van der Waals surface area contributed by atoms with Gasteiger partial charge in [0.2, 0.25) is 5.91 Å². The van der Waals surface area contributed by atoms with Gasteiger partial charge < -0.3 is 16.0 Å². The molecule has 8 heteroatoms. The van der Waals surface area contributed by atoms with Crippen molar-refractivity contribution in [1.29, 1.82) is 0 Å². The number of rotatable bonds is 2. The van der Waals surface area contributed by atoms with Gasteiger partial charge in [-0.3, -0.25) is 4.79 Å². The molecule has 1 fully saturated rings. The number of benzene rings is 1. The van der Waals surface area contributed by atoms with Gasteiger partial charge >= 0.3 is 12.2 Å². The van der Waals surface area contributed by atoms with Gasteiger partial charge in [0.15, 0.2) is 0 Å². The van der Waals surface area contributed by atoms with Crippen LogP contribution in [0.2, 0.25) is 0 Å². The summed E-state index contributed by atoms with van der Waals surface area (Å²) in [5.74, 6) is -0.260. The van der Waals surface area contributed by atoms with E-state index in [-0.39, 0.29) is 11.6 Å². The number of halogens is 3. The Morgan fingerprint density at radius 2 is 1.90 bits per heavy atom. The Kier molecular flexibility index (Phi) is 4.35. The molecule has 0 spiro atoms. The molecule has 3 amide bonds. The minimum Gasteiger partial charge on any atom is -0.354 e. The van der Waals surface area contributed by atoms with E-state index in [1.165, 1.54) is 0 Å². The van der Waals surface area contributed by atoms with Crippen LogP contribution >= 0.6 is 0 Å². The van der Waals surface area contributed by atoms with Crippen molar-refractivity contribution in [1.82, 2.24) is 10.6 Å². The maximum Gasteiger partial charge on any atom is 0.416 e. The van der Waals surface area contributed by atoms with Crippen LogP contribution in [0.25, 0.3) is 0 Å². The van der Waals surface area contributed by atoms with E-state index in [2.05, 4.69) is 16.0 Å². The third-order valence-corrected chi connectivity index (χ3v) is 3.06. The first-order chi connectivity index (χ1) is 9.86. The fourth-order valence-electron chi connectivity index (χ4n) is 1.98. The Hall–Kier alpha value is -2.25. The molecule has 1 atom stereocenters. The molecule has 5 nitrogen and oxygen atoms in total. The van der Waals surface area contributed by atoms with Crippen LogP contribution in [0.1, 0.15) is 18.4 Å². The monoisotopic (exact) mass is 301 g/mol. The molecule has 3 N–H and O–H groups in total. The van der Waals surface area contributed by atoms with Crippen molar-refractivity contribution < 1.29 is 22.8 Å². The number of piperidine rings is 1. The molecule has 0 aliphatic carbocycles. The molecule has 0 unspecified atom stereocenters. The van der Waals surface area contributed by atoms with E-state index >= 15 is 0 Å². The van der Waals surface area contributed by atoms with Crippen LogP contribution in [-0.4, -0.2) is 24.5 Å². The van der Waals surface area contributed by atoms with Gasteiger partial charge in [0.25, 0.3) is 0 Å². The molecule has 1 aromatic carbocycles. The minimum absolute atomic E-state index is 0.219. The third-order valence-electron chi connectivity index (χ3n) is 3.06. The summed E-state index contributed by atoms with van der Waals surface area (Å²) in [7, 11) is 0. The molecule has 1 saturated heterocycles. The number of carbonyl (C=O) groups excluding carboxylic acids is 2. The van der Waals surface area contributed by atoms with E-state index in [1.54, 1.807) is 0 Å². The zero-order chi connectivity index (χ0) is 15.5. The summed E-state index contributed by atoms with van der Waals surface area (Å²) in [6.45, 7) is 0.581. The van der Waals surface area contributed by atoms with Gasteiger partial charge in [-0.1, -0.05) is 0 Å². The SMILES string of the molecule is O=C(Nc1ccc(C(F)(F)F)cc1)N[C@H]1CCCNC1=O. The molecule has 1 aliphatic rings. The second kappa shape index (κ2) is 6.02. The molecule has 21 heavy (non-hydrogen) atoms. The second-order valence-corrected chi connectivity index (χ2v) is 4.66. The highest BCUT2D eigenvalue weighted by Crippen LogP contribution is 2.29. The highest BCUT2D eigenvalue weighted by atomic mass is 19.4. The van der Waals surface area contributed by atoms with E-state index in [4.69, 9.17) is 0 Å². The normalized spacial score (nSPS) is 18.8. The summed E-state index contributed by atoms with van der Waals surface area (Å²) in [5.41, 5.74) is -0.572. The molecule has 0 bridgehead atoms. The van der Waals surface area contributed by atoms with Crippen LogP contribution in [0.5, 0.6) is 0 Å². The first-order valence-corrected chi connectivity index (χ1v) is 6.39. The molecule has 0 radical (unpaired) electrons. The fraction of sp³-hybridized carbons (Fsp3) is 0.385. The lowest BCUT2D eigenvalue weighted by molar-refractivity contribution is -0.137. The van der Waals surface area contributed by atoms with Crippen LogP contribution in [0, 0.1) is 0 Å². The Morgan fingerprint density at radius 1 is 1.24 bits per heavy atom. The van der Waals surface area contributed by atoms with Crippen molar-refractivity contribution in [2.45, 2.75) is 25.1 Å². The van der Waals surface area contributed by atoms with Crippen molar-refractivity contribution in [3.8, 4) is 0 Å². The number of alkyl halides is 3. The van der Waals surface area contributed by atoms with Gasteiger partial charge in [-0.15, -0.1) is 0 Å². The predicted octanol–water partition coefficient (Wildman–Crippen LogP) is 2.11. The number of hydrogen-bond acceptors (Lipinski definition) is 2. The van der Waals surface area contributed by atoms with Crippen molar-refractivity contribution in [2.75, 3.05) is 11.9 Å². The first kappa shape index (κ1) is 15.1. The molecule has 0 aromatic heterocycles. The van der Waals surface area contributed by atoms with Gasteiger partial charge in [0.1, 0.15) is 6.04 Å². The van der Waals surface area contributed by atoms with Crippen molar-refractivity contribution in [3.63, 3.8) is 0 Å². The van der Waals surface area contributed by atoms with Crippen LogP contribution < -0.4 is 16.0 Å². The zero-order valence-electron chi connectivity index (χ0n) is 11.0. The topological polar surface area (TPSA) is 70.2 Å². The zero-order valence-corrected chi connectivity index (χ0v) is 11.0. The fourth-order valence-corrected chi connectivity index (χ4v) is 1.98. The molecule has 1 heterocycles. The van der Waals surface area contributed by atoms with Gasteiger partial charge in [-0.05, 0) is 37.1 Å². The average molecular weight is 301 g/mol. The summed E-state index contributed by atoms with van der Waals surface area (Å²) in [5, 5.41) is 7.49. The van der Waals surface area contributed by atoms with Crippen molar-refractivity contribution in [2.24, 2.45) is 0 Å². The number of anilines is 1. The number of carbonyl (C=O) groups is 2. The lowest BCUT2D eigenvalue weighted by atomic mass is 10.1. The van der Waals surface area contributed by atoms with Gasteiger partial charge in [0, 0.05) is 12.2 Å². The summed E-state index contributed by atoms with van der Waals surface area (Å²) in [6.07, 6.45) is -3.12. The largest absolute Gasteiger partial charge is 0.416 e. The highest BCUT2D eigenvalue weighted by Gasteiger charge is 2.30. The number of nitrogens with one attached hydrogen (secondary N) is 3. The van der Waals surface area contributed by atoms with E-state index in [1.807, 2.05) is 0 Å². The van der Waals surface area contributed by atoms with Crippen molar-refractivity contribution in [3.05, 3.63) is 29.8 Å². The molecule has 2 rings (SSSR count). The van der Waals surface area contributed by atoms with Gasteiger partial charge in [0.05, 0.1) is 5.56 Å². The van der Waals surface area contributed by atoms with Crippen LogP contribution in [0.3, 0.4) is 0 Å². The standard InChI is InChI=1S/C13H14F3N3O2/c14-13(15,16)8-3-5-9(6-4-8)18-12(21)19-10-2-1-7-17-11(10)20/h3-6,10H,1-2,7H2,(H,17,20)(H2,18,19,21)/t10-/m0/s1. The van der Waals surface area contributed by atoms with E-state index in [0.717, 1.165) is 30.7 Å². The highest BCUT2D eigenvalue weighted by molar-refractivity contribution is 5.93. The molecule has 1 aliphatic heterocycles. The summed E-state index contributed by atoms with van der Waals surface area (Å²) < 4.78 is 37.2. The maximum atomic E-state index is 12.4. The number of hydrogen-bond donors (Lipinski definition) is 3. The maximum absolute atomic E-state index is 12.4. The number of amides is 3. The quantitative estimate of drug-likeness (QED) is 0.783. The molecule has 114 valence electrons. The first-order valence-electron chi connectivity index (χ1n) is 6.39. The Labute approximate surface area is 118 Å². The Morgan fingerprint density at radius 3 is 2.48 bits per heavy atom. The van der Waals surface area contributed by atoms with E-state index in [0.29, 0.717) is 13.0 Å². The molecule has 1 aromatic rings. The van der Waals surface area contributed by atoms with Gasteiger partial charge in [-0.2, -0.15) is 13.2 Å². The number of urea groups is 1. The second-order valence-electron chi connectivity index (χ2n) is 4.66. The molecular weight excluding hydrogens is 287 g/mol. The third kappa shape index (κ3) is 4.11. The summed E-state index contributed by atoms with van der Waals surface area (Å²) in [4.78, 5) is 23.1. The van der Waals surface area contributed by atoms with Crippen molar-refractivity contribution >= 4 is 17.6 Å². The Bertz CT molecular complexity index is 528. The molecular formula is C13H14F3N3O2. The van der Waals surface area contributed by atoms with Gasteiger partial charge in [-0.25, -0.2) is 4.79 Å². The average Bonchev–Trinajstić information content (AvgIpc) is 2.41. The minimum atomic E-state index is -4.42. The van der Waals surface area contributed by atoms with E-state index < -0.39 is 23.8 Å². The lowest BCUT2D eigenvalue weighted by Crippen LogP contribution is -2.51. The van der Waals surface area contributed by atoms with Crippen LogP contribution in [0.15, 0.2) is 24.3 Å². The lowest BCUT2D eigenvalue weighted by Gasteiger charge is -2.22. The van der Waals surface area contributed by atoms with Crippen LogP contribution in [0.4, 0.5) is 23.7 Å². The summed E-state index contributed by atoms with van der Waals surface area (Å²) >= 11 is 0. The smallest absolute Gasteiger partial charge is 0.354 e. The predicted molar refractivity (Wildman–Crippen MR) is 69.6 cm³/mol. The summed E-state index contributed by atoms with van der Waals surface area (Å²) in [6, 6.07) is 2.82. The van der Waals surface area contributed by atoms with Crippen LogP contribution in [-0.2, 0) is 11.0 Å². The Balaban J connectivity index is 1.92.